The molecule has 0 N–H and O–H groups in total. The highest BCUT2D eigenvalue weighted by Crippen LogP contribution is 2.46. The van der Waals surface area contributed by atoms with Gasteiger partial charge in [0.15, 0.2) is 11.5 Å². The Morgan fingerprint density at radius 1 is 1.44 bits per heavy atom. The van der Waals surface area contributed by atoms with Gasteiger partial charge in [0.25, 0.3) is 0 Å². The van der Waals surface area contributed by atoms with Crippen molar-refractivity contribution in [1.82, 2.24) is 0 Å². The second-order valence-electron chi connectivity index (χ2n) is 4.88. The van der Waals surface area contributed by atoms with Crippen LogP contribution in [-0.2, 0) is 14.3 Å². The summed E-state index contributed by atoms with van der Waals surface area (Å²) < 4.78 is 4.99. The van der Waals surface area contributed by atoms with Gasteiger partial charge >= 0.3 is 0 Å². The zero-order chi connectivity index (χ0) is 11.9. The highest BCUT2D eigenvalue weighted by molar-refractivity contribution is 6.11. The fraction of sp³-hybridized carbons (Fsp3) is 0.538. The fourth-order valence-electron chi connectivity index (χ4n) is 2.75. The molecule has 0 saturated heterocycles. The van der Waals surface area contributed by atoms with E-state index < -0.39 is 5.41 Å². The molecule has 3 heteroatoms. The van der Waals surface area contributed by atoms with Gasteiger partial charge < -0.3 is 4.74 Å². The molecule has 86 valence electrons. The van der Waals surface area contributed by atoms with E-state index in [1.54, 1.807) is 0 Å². The molecule has 16 heavy (non-hydrogen) atoms. The minimum Gasteiger partial charge on any atom is -0.493 e. The van der Waals surface area contributed by atoms with Gasteiger partial charge in [0.1, 0.15) is 0 Å². The molecule has 0 aromatic rings. The lowest BCUT2D eigenvalue weighted by atomic mass is 9.61. The van der Waals surface area contributed by atoms with Crippen LogP contribution in [0.15, 0.2) is 23.5 Å². The number of carbonyl (C=O) groups is 2. The standard InChI is InChI=1S/C13H16O3/c1-8-4-5-9-10(14)6-11(16-3)12(15)13(9,2)7-8/h4,6,9H,5,7H2,1-3H3/t9?,13-/m1/s1. The Morgan fingerprint density at radius 3 is 2.75 bits per heavy atom. The monoisotopic (exact) mass is 220 g/mol. The van der Waals surface area contributed by atoms with E-state index in [1.807, 2.05) is 13.8 Å². The highest BCUT2D eigenvalue weighted by Gasteiger charge is 2.50. The predicted molar refractivity (Wildman–Crippen MR) is 59.7 cm³/mol. The topological polar surface area (TPSA) is 43.4 Å². The first kappa shape index (κ1) is 11.1. The number of carbonyl (C=O) groups excluding carboxylic acids is 2. The van der Waals surface area contributed by atoms with Crippen molar-refractivity contribution < 1.29 is 14.3 Å². The zero-order valence-corrected chi connectivity index (χ0v) is 9.87. The summed E-state index contributed by atoms with van der Waals surface area (Å²) in [6, 6.07) is 0. The second kappa shape index (κ2) is 3.58. The maximum absolute atomic E-state index is 12.2. The van der Waals surface area contributed by atoms with E-state index in [-0.39, 0.29) is 23.2 Å². The van der Waals surface area contributed by atoms with E-state index in [1.165, 1.54) is 18.8 Å². The fourth-order valence-corrected chi connectivity index (χ4v) is 2.75. The van der Waals surface area contributed by atoms with Crippen molar-refractivity contribution in [3.05, 3.63) is 23.5 Å². The molecular formula is C13H16O3. The molecule has 1 unspecified atom stereocenters. The predicted octanol–water partition coefficient (Wildman–Crippen LogP) is 2.03. The van der Waals surface area contributed by atoms with Gasteiger partial charge in [-0.25, -0.2) is 0 Å². The first-order valence-electron chi connectivity index (χ1n) is 5.49. The number of allylic oxidation sites excluding steroid dienone is 4. The molecule has 0 spiro atoms. The summed E-state index contributed by atoms with van der Waals surface area (Å²) in [5.74, 6) is -0.0178. The van der Waals surface area contributed by atoms with Crippen LogP contribution in [0.3, 0.4) is 0 Å². The van der Waals surface area contributed by atoms with Crippen molar-refractivity contribution in [3.63, 3.8) is 0 Å². The molecule has 0 fully saturated rings. The van der Waals surface area contributed by atoms with Crippen LogP contribution in [0.4, 0.5) is 0 Å². The summed E-state index contributed by atoms with van der Waals surface area (Å²) in [5, 5.41) is 0. The lowest BCUT2D eigenvalue weighted by Gasteiger charge is -2.40. The number of ketones is 2. The van der Waals surface area contributed by atoms with E-state index in [2.05, 4.69) is 6.08 Å². The third-order valence-corrected chi connectivity index (χ3v) is 3.70. The Kier molecular flexibility index (Phi) is 2.49. The molecule has 0 heterocycles. The van der Waals surface area contributed by atoms with Crippen molar-refractivity contribution in [3.8, 4) is 0 Å². The molecule has 3 nitrogen and oxygen atoms in total. The van der Waals surface area contributed by atoms with Crippen LogP contribution >= 0.6 is 0 Å². The molecule has 0 aromatic carbocycles. The van der Waals surface area contributed by atoms with E-state index in [0.717, 1.165) is 0 Å². The van der Waals surface area contributed by atoms with Gasteiger partial charge in [0, 0.05) is 17.4 Å². The first-order valence-corrected chi connectivity index (χ1v) is 5.49. The molecule has 2 aliphatic rings. The lowest BCUT2D eigenvalue weighted by Crippen LogP contribution is -2.45. The molecule has 2 rings (SSSR count). The number of hydrogen-bond acceptors (Lipinski definition) is 3. The molecule has 0 aromatic heterocycles. The van der Waals surface area contributed by atoms with Crippen molar-refractivity contribution in [2.75, 3.05) is 7.11 Å². The minimum absolute atomic E-state index is 0.0164. The van der Waals surface area contributed by atoms with Crippen molar-refractivity contribution in [1.29, 1.82) is 0 Å². The van der Waals surface area contributed by atoms with Crippen LogP contribution in [0, 0.1) is 11.3 Å². The van der Waals surface area contributed by atoms with Gasteiger partial charge in [0.2, 0.25) is 5.78 Å². The molecule has 2 atom stereocenters. The van der Waals surface area contributed by atoms with Crippen LogP contribution in [0.25, 0.3) is 0 Å². The number of fused-ring (bicyclic) bond motifs is 1. The third-order valence-electron chi connectivity index (χ3n) is 3.70. The van der Waals surface area contributed by atoms with Crippen molar-refractivity contribution in [2.45, 2.75) is 26.7 Å². The summed E-state index contributed by atoms with van der Waals surface area (Å²) >= 11 is 0. The van der Waals surface area contributed by atoms with E-state index >= 15 is 0 Å². The van der Waals surface area contributed by atoms with Gasteiger partial charge in [-0.2, -0.15) is 0 Å². The summed E-state index contributed by atoms with van der Waals surface area (Å²) in [6.45, 7) is 3.88. The third kappa shape index (κ3) is 1.42. The van der Waals surface area contributed by atoms with Crippen molar-refractivity contribution in [2.24, 2.45) is 11.3 Å². The quantitative estimate of drug-likeness (QED) is 0.635. The average molecular weight is 220 g/mol. The Morgan fingerprint density at radius 2 is 2.12 bits per heavy atom. The number of Topliss-reactive ketones (excluding diaryl/α,β-unsaturated/α-hetero) is 1. The zero-order valence-electron chi connectivity index (χ0n) is 9.87. The largest absolute Gasteiger partial charge is 0.493 e. The van der Waals surface area contributed by atoms with Gasteiger partial charge in [-0.15, -0.1) is 0 Å². The Bertz CT molecular complexity index is 417. The Labute approximate surface area is 95.2 Å². The summed E-state index contributed by atoms with van der Waals surface area (Å²) in [5.41, 5.74) is 0.577. The van der Waals surface area contributed by atoms with Gasteiger partial charge in [-0.05, 0) is 19.8 Å². The smallest absolute Gasteiger partial charge is 0.204 e. The van der Waals surface area contributed by atoms with Crippen LogP contribution in [-0.4, -0.2) is 18.7 Å². The lowest BCUT2D eigenvalue weighted by molar-refractivity contribution is -0.139. The van der Waals surface area contributed by atoms with Crippen LogP contribution in [0.1, 0.15) is 26.7 Å². The highest BCUT2D eigenvalue weighted by atomic mass is 16.5. The summed E-state index contributed by atoms with van der Waals surface area (Å²) in [4.78, 5) is 24.1. The number of methoxy groups -OCH3 is 1. The summed E-state index contributed by atoms with van der Waals surface area (Å²) in [7, 11) is 1.44. The first-order chi connectivity index (χ1) is 7.49. The maximum Gasteiger partial charge on any atom is 0.204 e. The van der Waals surface area contributed by atoms with E-state index in [0.29, 0.717) is 12.8 Å². The molecule has 0 amide bonds. The molecule has 0 bridgehead atoms. The molecule has 0 aliphatic heterocycles. The Hall–Kier alpha value is -1.38. The number of ether oxygens (including phenoxy) is 1. The minimum atomic E-state index is -0.601. The molecule has 0 saturated carbocycles. The summed E-state index contributed by atoms with van der Waals surface area (Å²) in [6.07, 6.45) is 4.73. The number of rotatable bonds is 1. The van der Waals surface area contributed by atoms with Crippen LogP contribution in [0.2, 0.25) is 0 Å². The molecule has 0 radical (unpaired) electrons. The van der Waals surface area contributed by atoms with Gasteiger partial charge in [-0.3, -0.25) is 9.59 Å². The maximum atomic E-state index is 12.2. The number of hydrogen-bond donors (Lipinski definition) is 0. The second-order valence-corrected chi connectivity index (χ2v) is 4.88. The SMILES string of the molecule is COC1=CC(=O)C2CC=C(C)C[C@@]2(C)C1=O. The van der Waals surface area contributed by atoms with Crippen LogP contribution in [0.5, 0.6) is 0 Å². The molecular weight excluding hydrogens is 204 g/mol. The molecule has 2 aliphatic carbocycles. The van der Waals surface area contributed by atoms with E-state index in [9.17, 15) is 9.59 Å². The van der Waals surface area contributed by atoms with Crippen molar-refractivity contribution >= 4 is 11.6 Å². The normalized spacial score (nSPS) is 34.1. The van der Waals surface area contributed by atoms with Gasteiger partial charge in [0.05, 0.1) is 7.11 Å². The average Bonchev–Trinajstić information content (AvgIpc) is 2.23. The van der Waals surface area contributed by atoms with Gasteiger partial charge in [-0.1, -0.05) is 18.6 Å². The van der Waals surface area contributed by atoms with E-state index in [4.69, 9.17) is 4.74 Å². The van der Waals surface area contributed by atoms with Crippen LogP contribution < -0.4 is 0 Å². The Balaban J connectivity index is 2.47.